The van der Waals surface area contributed by atoms with Crippen LogP contribution in [0.5, 0.6) is 0 Å². The Kier molecular flexibility index (Phi) is 4.63. The van der Waals surface area contributed by atoms with Crippen molar-refractivity contribution in [2.45, 2.75) is 19.4 Å². The molecule has 2 amide bonds. The number of hydrogen-bond acceptors (Lipinski definition) is 6. The van der Waals surface area contributed by atoms with Gasteiger partial charge >= 0.3 is 0 Å². The summed E-state index contributed by atoms with van der Waals surface area (Å²) in [5.41, 5.74) is 0.697. The minimum atomic E-state index is -0.536. The Labute approximate surface area is 164 Å². The third kappa shape index (κ3) is 3.27. The number of hydrogen-bond donors (Lipinski definition) is 0. The predicted molar refractivity (Wildman–Crippen MR) is 104 cm³/mol. The zero-order valence-corrected chi connectivity index (χ0v) is 15.3. The van der Waals surface area contributed by atoms with E-state index in [1.165, 1.54) is 34.0 Å². The van der Waals surface area contributed by atoms with E-state index in [2.05, 4.69) is 4.98 Å². The average Bonchev–Trinajstić information content (AvgIpc) is 2.97. The number of nitro groups is 1. The summed E-state index contributed by atoms with van der Waals surface area (Å²) in [5, 5.41) is 11.1. The summed E-state index contributed by atoms with van der Waals surface area (Å²) < 4.78 is 1.43. The van der Waals surface area contributed by atoms with E-state index in [-0.39, 0.29) is 35.1 Å². The van der Waals surface area contributed by atoms with Crippen molar-refractivity contribution in [1.29, 1.82) is 0 Å². The molecule has 3 aromatic rings. The van der Waals surface area contributed by atoms with Crippen molar-refractivity contribution in [3.8, 4) is 0 Å². The zero-order chi connectivity index (χ0) is 20.5. The summed E-state index contributed by atoms with van der Waals surface area (Å²) in [6.07, 6.45) is 2.46. The Hall–Kier alpha value is -3.88. The van der Waals surface area contributed by atoms with E-state index in [4.69, 9.17) is 0 Å². The van der Waals surface area contributed by atoms with Gasteiger partial charge in [0, 0.05) is 25.2 Å². The van der Waals surface area contributed by atoms with Gasteiger partial charge in [-0.05, 0) is 31.0 Å². The van der Waals surface area contributed by atoms with Crippen LogP contribution in [0, 0.1) is 10.1 Å². The Morgan fingerprint density at radius 3 is 2.24 bits per heavy atom. The number of nitro benzene ring substituents is 1. The third-order valence-electron chi connectivity index (χ3n) is 4.93. The van der Waals surface area contributed by atoms with Crippen molar-refractivity contribution in [1.82, 2.24) is 14.5 Å². The van der Waals surface area contributed by atoms with Crippen molar-refractivity contribution in [2.24, 2.45) is 0 Å². The fourth-order valence-electron chi connectivity index (χ4n) is 3.41. The van der Waals surface area contributed by atoms with E-state index in [1.807, 2.05) is 0 Å². The molecule has 0 aliphatic carbocycles. The van der Waals surface area contributed by atoms with Gasteiger partial charge in [0.05, 0.1) is 33.3 Å². The maximum atomic E-state index is 12.5. The van der Waals surface area contributed by atoms with Gasteiger partial charge in [-0.25, -0.2) is 4.98 Å². The standard InChI is InChI=1S/C20H16N4O5/c25-18-16-8-7-13(24(28)29)11-17(16)21-12-22(18)9-3-4-10-23-19(26)14-5-1-2-6-15(14)20(23)27/h1-2,5-8,11-12H,3-4,9-10H2. The maximum absolute atomic E-state index is 12.5. The molecule has 29 heavy (non-hydrogen) atoms. The third-order valence-corrected chi connectivity index (χ3v) is 4.93. The minimum Gasteiger partial charge on any atom is -0.299 e. The number of carbonyl (C=O) groups excluding carboxylic acids is 2. The van der Waals surface area contributed by atoms with E-state index in [0.29, 0.717) is 35.9 Å². The second kappa shape index (κ2) is 7.27. The lowest BCUT2D eigenvalue weighted by Crippen LogP contribution is -2.31. The monoisotopic (exact) mass is 392 g/mol. The second-order valence-electron chi connectivity index (χ2n) is 6.72. The van der Waals surface area contributed by atoms with Gasteiger partial charge in [-0.3, -0.25) is 34.0 Å². The number of fused-ring (bicyclic) bond motifs is 2. The zero-order valence-electron chi connectivity index (χ0n) is 15.3. The number of unbranched alkanes of at least 4 members (excludes halogenated alkanes) is 1. The fraction of sp³-hybridized carbons (Fsp3) is 0.200. The van der Waals surface area contributed by atoms with E-state index < -0.39 is 4.92 Å². The van der Waals surface area contributed by atoms with Gasteiger partial charge in [-0.15, -0.1) is 0 Å². The number of carbonyl (C=O) groups is 2. The van der Waals surface area contributed by atoms with Crippen LogP contribution in [-0.4, -0.2) is 37.7 Å². The molecular weight excluding hydrogens is 376 g/mol. The van der Waals surface area contributed by atoms with Gasteiger partial charge in [0.25, 0.3) is 23.1 Å². The summed E-state index contributed by atoms with van der Waals surface area (Å²) in [6, 6.07) is 10.7. The van der Waals surface area contributed by atoms with Crippen molar-refractivity contribution < 1.29 is 14.5 Å². The molecule has 0 saturated heterocycles. The van der Waals surface area contributed by atoms with Crippen LogP contribution in [0.15, 0.2) is 53.6 Å². The lowest BCUT2D eigenvalue weighted by Gasteiger charge is -2.13. The highest BCUT2D eigenvalue weighted by Crippen LogP contribution is 2.22. The summed E-state index contributed by atoms with van der Waals surface area (Å²) in [5.74, 6) is -0.589. The summed E-state index contributed by atoms with van der Waals surface area (Å²) in [7, 11) is 0. The molecule has 0 radical (unpaired) electrons. The van der Waals surface area contributed by atoms with Gasteiger partial charge < -0.3 is 0 Å². The topological polar surface area (TPSA) is 115 Å². The fourth-order valence-corrected chi connectivity index (χ4v) is 3.41. The largest absolute Gasteiger partial charge is 0.299 e. The summed E-state index contributed by atoms with van der Waals surface area (Å²) >= 11 is 0. The van der Waals surface area contributed by atoms with Crippen LogP contribution in [0.2, 0.25) is 0 Å². The van der Waals surface area contributed by atoms with Gasteiger partial charge in [0.1, 0.15) is 0 Å². The molecule has 0 bridgehead atoms. The first-order valence-electron chi connectivity index (χ1n) is 9.06. The number of non-ortho nitro benzene ring substituents is 1. The molecule has 1 aliphatic rings. The Bertz CT molecular complexity index is 1180. The molecule has 0 saturated carbocycles. The molecule has 0 spiro atoms. The molecule has 0 fully saturated rings. The molecular formula is C20H16N4O5. The number of aryl methyl sites for hydroxylation is 1. The van der Waals surface area contributed by atoms with Gasteiger partial charge in [0.15, 0.2) is 0 Å². The predicted octanol–water partition coefficient (Wildman–Crippen LogP) is 2.38. The van der Waals surface area contributed by atoms with Crippen LogP contribution in [-0.2, 0) is 6.54 Å². The Morgan fingerprint density at radius 1 is 0.931 bits per heavy atom. The Balaban J connectivity index is 1.41. The molecule has 1 aliphatic heterocycles. The maximum Gasteiger partial charge on any atom is 0.271 e. The van der Waals surface area contributed by atoms with Crippen LogP contribution in [0.4, 0.5) is 5.69 Å². The first kappa shape index (κ1) is 18.5. The molecule has 2 aromatic carbocycles. The highest BCUT2D eigenvalue weighted by molar-refractivity contribution is 6.21. The van der Waals surface area contributed by atoms with Crippen LogP contribution in [0.1, 0.15) is 33.6 Å². The number of rotatable bonds is 6. The first-order chi connectivity index (χ1) is 14.0. The van der Waals surface area contributed by atoms with Gasteiger partial charge in [-0.1, -0.05) is 12.1 Å². The highest BCUT2D eigenvalue weighted by Gasteiger charge is 2.34. The lowest BCUT2D eigenvalue weighted by atomic mass is 10.1. The van der Waals surface area contributed by atoms with E-state index in [1.54, 1.807) is 24.3 Å². The summed E-state index contributed by atoms with van der Waals surface area (Å²) in [4.78, 5) is 52.9. The van der Waals surface area contributed by atoms with Gasteiger partial charge in [-0.2, -0.15) is 0 Å². The van der Waals surface area contributed by atoms with Gasteiger partial charge in [0.2, 0.25) is 0 Å². The SMILES string of the molecule is O=C1c2ccccc2C(=O)N1CCCCn1cnc2cc([N+](=O)[O-])ccc2c1=O. The first-order valence-corrected chi connectivity index (χ1v) is 9.06. The van der Waals surface area contributed by atoms with E-state index in [9.17, 15) is 24.5 Å². The van der Waals surface area contributed by atoms with Crippen LogP contribution in [0.25, 0.3) is 10.9 Å². The molecule has 146 valence electrons. The van der Waals surface area contributed by atoms with Crippen molar-refractivity contribution in [3.05, 3.63) is 80.4 Å². The Morgan fingerprint density at radius 2 is 1.59 bits per heavy atom. The molecule has 0 unspecified atom stereocenters. The molecule has 9 heteroatoms. The number of imide groups is 1. The van der Waals surface area contributed by atoms with Crippen molar-refractivity contribution in [2.75, 3.05) is 6.54 Å². The average molecular weight is 392 g/mol. The van der Waals surface area contributed by atoms with E-state index >= 15 is 0 Å². The molecule has 1 aromatic heterocycles. The van der Waals surface area contributed by atoms with Crippen molar-refractivity contribution in [3.63, 3.8) is 0 Å². The molecule has 0 N–H and O–H groups in total. The normalized spacial score (nSPS) is 13.2. The van der Waals surface area contributed by atoms with Crippen LogP contribution >= 0.6 is 0 Å². The molecule has 9 nitrogen and oxygen atoms in total. The minimum absolute atomic E-state index is 0.122. The second-order valence-corrected chi connectivity index (χ2v) is 6.72. The number of benzene rings is 2. The number of aromatic nitrogens is 2. The number of nitrogens with zero attached hydrogens (tertiary/aromatic N) is 4. The lowest BCUT2D eigenvalue weighted by molar-refractivity contribution is -0.384. The number of amides is 2. The van der Waals surface area contributed by atoms with Crippen LogP contribution in [0.3, 0.4) is 0 Å². The quantitative estimate of drug-likeness (QED) is 0.275. The van der Waals surface area contributed by atoms with Crippen molar-refractivity contribution >= 4 is 28.4 Å². The van der Waals surface area contributed by atoms with E-state index in [0.717, 1.165) is 0 Å². The molecule has 4 rings (SSSR count). The molecule has 2 heterocycles. The highest BCUT2D eigenvalue weighted by atomic mass is 16.6. The smallest absolute Gasteiger partial charge is 0.271 e. The molecule has 0 atom stereocenters. The summed E-state index contributed by atoms with van der Waals surface area (Å²) in [6.45, 7) is 0.635. The van der Waals surface area contributed by atoms with Crippen LogP contribution < -0.4 is 5.56 Å².